The van der Waals surface area contributed by atoms with Crippen LogP contribution in [0.25, 0.3) is 10.8 Å². The molecule has 1 aromatic heterocycles. The van der Waals surface area contributed by atoms with Crippen LogP contribution in [0.5, 0.6) is 0 Å². The van der Waals surface area contributed by atoms with Crippen LogP contribution in [-0.4, -0.2) is 43.7 Å². The smallest absolute Gasteiger partial charge is 0.326 e. The van der Waals surface area contributed by atoms with Crippen LogP contribution >= 0.6 is 0 Å². The van der Waals surface area contributed by atoms with Crippen LogP contribution < -0.4 is 5.56 Å². The fourth-order valence-electron chi connectivity index (χ4n) is 4.76. The van der Waals surface area contributed by atoms with E-state index >= 15 is 0 Å². The number of rotatable bonds is 3. The molecule has 0 radical (unpaired) electrons. The van der Waals surface area contributed by atoms with Crippen LogP contribution in [0.1, 0.15) is 37.8 Å². The molecule has 2 fully saturated rings. The zero-order valence-electron chi connectivity index (χ0n) is 15.3. The predicted octanol–water partition coefficient (Wildman–Crippen LogP) is 1.95. The molecule has 27 heavy (non-hydrogen) atoms. The number of carbonyl (C=O) groups excluding carboxylic acids is 1. The van der Waals surface area contributed by atoms with Gasteiger partial charge in [0.1, 0.15) is 12.6 Å². The van der Waals surface area contributed by atoms with Crippen molar-refractivity contribution in [2.75, 3.05) is 0 Å². The van der Waals surface area contributed by atoms with Gasteiger partial charge in [-0.1, -0.05) is 31.0 Å². The average molecular weight is 369 g/mol. The molecule has 1 saturated heterocycles. The van der Waals surface area contributed by atoms with Crippen LogP contribution in [0, 0.1) is 12.8 Å². The first-order valence-electron chi connectivity index (χ1n) is 9.48. The van der Waals surface area contributed by atoms with Gasteiger partial charge in [-0.2, -0.15) is 5.10 Å². The quantitative estimate of drug-likeness (QED) is 0.893. The highest BCUT2D eigenvalue weighted by Crippen LogP contribution is 2.39. The van der Waals surface area contributed by atoms with Crippen molar-refractivity contribution in [1.29, 1.82) is 0 Å². The van der Waals surface area contributed by atoms with Gasteiger partial charge in [0.05, 0.1) is 11.1 Å². The van der Waals surface area contributed by atoms with E-state index in [1.54, 1.807) is 19.1 Å². The highest BCUT2D eigenvalue weighted by Gasteiger charge is 2.47. The molecule has 1 amide bonds. The Morgan fingerprint density at radius 2 is 1.89 bits per heavy atom. The maximum absolute atomic E-state index is 13.0. The summed E-state index contributed by atoms with van der Waals surface area (Å²) in [4.78, 5) is 39.0. The molecule has 0 bridgehead atoms. The van der Waals surface area contributed by atoms with Crippen LogP contribution in [0.4, 0.5) is 0 Å². The second-order valence-electron chi connectivity index (χ2n) is 7.60. The number of aliphatic carboxylic acids is 1. The third-order valence-corrected chi connectivity index (χ3v) is 6.00. The van der Waals surface area contributed by atoms with Gasteiger partial charge in [0, 0.05) is 11.4 Å². The van der Waals surface area contributed by atoms with E-state index in [0.29, 0.717) is 17.5 Å². The summed E-state index contributed by atoms with van der Waals surface area (Å²) in [6.45, 7) is 1.58. The third kappa shape index (κ3) is 3.01. The Balaban J connectivity index is 1.67. The molecule has 1 aliphatic carbocycles. The van der Waals surface area contributed by atoms with Gasteiger partial charge >= 0.3 is 5.97 Å². The van der Waals surface area contributed by atoms with E-state index < -0.39 is 12.0 Å². The maximum Gasteiger partial charge on any atom is 0.326 e. The Morgan fingerprint density at radius 1 is 1.19 bits per heavy atom. The molecule has 0 spiro atoms. The molecular weight excluding hydrogens is 346 g/mol. The van der Waals surface area contributed by atoms with E-state index in [1.807, 2.05) is 12.1 Å². The van der Waals surface area contributed by atoms with E-state index in [0.717, 1.165) is 31.1 Å². The lowest BCUT2D eigenvalue weighted by atomic mass is 9.85. The fourth-order valence-corrected chi connectivity index (χ4v) is 4.76. The summed E-state index contributed by atoms with van der Waals surface area (Å²) in [5, 5.41) is 15.2. The number of hydrogen-bond acceptors (Lipinski definition) is 4. The monoisotopic (exact) mass is 369 g/mol. The SMILES string of the molecule is Cc1nn(CC(=O)N2[C@@H]3CCCC[C@H]3C[C@H]2C(=O)O)c(=O)c2ccccc12. The lowest BCUT2D eigenvalue weighted by Gasteiger charge is -2.33. The average Bonchev–Trinajstić information content (AvgIpc) is 3.06. The van der Waals surface area contributed by atoms with Crippen molar-refractivity contribution in [2.24, 2.45) is 5.92 Å². The van der Waals surface area contributed by atoms with E-state index in [4.69, 9.17) is 0 Å². The topological polar surface area (TPSA) is 92.5 Å². The summed E-state index contributed by atoms with van der Waals surface area (Å²) in [6, 6.07) is 6.34. The van der Waals surface area contributed by atoms with Crippen molar-refractivity contribution < 1.29 is 14.7 Å². The molecule has 2 aromatic rings. The minimum Gasteiger partial charge on any atom is -0.480 e. The number of nitrogens with zero attached hydrogens (tertiary/aromatic N) is 3. The molecule has 7 nitrogen and oxygen atoms in total. The molecule has 2 aliphatic rings. The van der Waals surface area contributed by atoms with Gasteiger partial charge in [0.15, 0.2) is 0 Å². The Bertz CT molecular complexity index is 967. The molecule has 1 N–H and O–H groups in total. The predicted molar refractivity (Wildman–Crippen MR) is 99.4 cm³/mol. The number of aromatic nitrogens is 2. The van der Waals surface area contributed by atoms with Gasteiger partial charge < -0.3 is 10.0 Å². The van der Waals surface area contributed by atoms with Crippen molar-refractivity contribution in [2.45, 2.75) is 57.7 Å². The second kappa shape index (κ2) is 6.79. The second-order valence-corrected chi connectivity index (χ2v) is 7.60. The first-order valence-corrected chi connectivity index (χ1v) is 9.48. The molecule has 2 heterocycles. The first kappa shape index (κ1) is 17.7. The normalized spacial score (nSPS) is 24.8. The molecular formula is C20H23N3O4. The largest absolute Gasteiger partial charge is 0.480 e. The minimum atomic E-state index is -0.965. The van der Waals surface area contributed by atoms with Crippen molar-refractivity contribution >= 4 is 22.6 Å². The molecule has 3 atom stereocenters. The van der Waals surface area contributed by atoms with Gasteiger partial charge in [-0.05, 0) is 38.2 Å². The molecule has 4 rings (SSSR count). The van der Waals surface area contributed by atoms with Gasteiger partial charge in [-0.3, -0.25) is 9.59 Å². The summed E-state index contributed by atoms with van der Waals surface area (Å²) in [7, 11) is 0. The van der Waals surface area contributed by atoms with Gasteiger partial charge in [-0.15, -0.1) is 0 Å². The van der Waals surface area contributed by atoms with Gasteiger partial charge in [0.2, 0.25) is 5.91 Å². The van der Waals surface area contributed by atoms with E-state index in [9.17, 15) is 19.5 Å². The summed E-state index contributed by atoms with van der Waals surface area (Å²) >= 11 is 0. The Labute approximate surface area is 156 Å². The highest BCUT2D eigenvalue weighted by molar-refractivity contribution is 5.86. The minimum absolute atomic E-state index is 0.0374. The summed E-state index contributed by atoms with van der Waals surface area (Å²) in [6.07, 6.45) is 4.39. The number of amides is 1. The number of aryl methyl sites for hydroxylation is 1. The Hall–Kier alpha value is -2.70. The number of carboxylic acid groups (broad SMARTS) is 1. The highest BCUT2D eigenvalue weighted by atomic mass is 16.4. The van der Waals surface area contributed by atoms with Gasteiger partial charge in [0.25, 0.3) is 5.56 Å². The number of carbonyl (C=O) groups is 2. The lowest BCUT2D eigenvalue weighted by Crippen LogP contribution is -2.48. The van der Waals surface area contributed by atoms with Crippen LogP contribution in [0.3, 0.4) is 0 Å². The molecule has 0 unspecified atom stereocenters. The van der Waals surface area contributed by atoms with E-state index in [2.05, 4.69) is 5.10 Å². The third-order valence-electron chi connectivity index (χ3n) is 6.00. The molecule has 142 valence electrons. The van der Waals surface area contributed by atoms with Gasteiger partial charge in [-0.25, -0.2) is 9.48 Å². The number of benzene rings is 1. The number of fused-ring (bicyclic) bond motifs is 2. The number of likely N-dealkylation sites (tertiary alicyclic amines) is 1. The zero-order valence-corrected chi connectivity index (χ0v) is 15.3. The number of carboxylic acids is 1. The molecule has 1 aliphatic heterocycles. The lowest BCUT2D eigenvalue weighted by molar-refractivity contribution is -0.150. The fraction of sp³-hybridized carbons (Fsp3) is 0.500. The van der Waals surface area contributed by atoms with E-state index in [1.165, 1.54) is 9.58 Å². The summed E-state index contributed by atoms with van der Waals surface area (Å²) in [5.41, 5.74) is 0.348. The standard InChI is InChI=1S/C20H23N3O4/c1-12-14-7-3-4-8-15(14)19(25)22(21-12)11-18(24)23-16-9-5-2-6-13(16)10-17(23)20(26)27/h3-4,7-8,13,16-17H,2,5-6,9-11H2,1H3,(H,26,27)/t13-,16+,17-/m0/s1. The number of hydrogen-bond donors (Lipinski definition) is 1. The molecule has 1 saturated carbocycles. The van der Waals surface area contributed by atoms with Crippen molar-refractivity contribution in [3.05, 3.63) is 40.3 Å². The summed E-state index contributed by atoms with van der Waals surface area (Å²) in [5.74, 6) is -1.05. The van der Waals surface area contributed by atoms with Crippen LogP contribution in [0.15, 0.2) is 29.1 Å². The first-order chi connectivity index (χ1) is 13.0. The van der Waals surface area contributed by atoms with E-state index in [-0.39, 0.29) is 30.0 Å². The van der Waals surface area contributed by atoms with Crippen LogP contribution in [-0.2, 0) is 16.1 Å². The van der Waals surface area contributed by atoms with Crippen molar-refractivity contribution in [3.8, 4) is 0 Å². The Morgan fingerprint density at radius 3 is 2.63 bits per heavy atom. The molecule has 7 heteroatoms. The van der Waals surface area contributed by atoms with Crippen molar-refractivity contribution in [3.63, 3.8) is 0 Å². The van der Waals surface area contributed by atoms with Crippen molar-refractivity contribution in [1.82, 2.24) is 14.7 Å². The Kier molecular flexibility index (Phi) is 4.45. The van der Waals surface area contributed by atoms with Crippen LogP contribution in [0.2, 0.25) is 0 Å². The zero-order chi connectivity index (χ0) is 19.1. The molecule has 1 aromatic carbocycles. The summed E-state index contributed by atoms with van der Waals surface area (Å²) < 4.78 is 1.18. The maximum atomic E-state index is 13.0.